The van der Waals surface area contributed by atoms with Gasteiger partial charge >= 0.3 is 0 Å². The topological polar surface area (TPSA) is 155 Å². The van der Waals surface area contributed by atoms with Crippen molar-refractivity contribution in [1.29, 1.82) is 0 Å². The van der Waals surface area contributed by atoms with E-state index in [1.54, 1.807) is 48.5 Å². The van der Waals surface area contributed by atoms with Gasteiger partial charge in [0.05, 0.1) is 38.6 Å². The molecule has 43 heavy (non-hydrogen) atoms. The molecular formula is C32H47NO10. The molecule has 2 unspecified atom stereocenters. The van der Waals surface area contributed by atoms with Crippen molar-refractivity contribution in [3.63, 3.8) is 0 Å². The summed E-state index contributed by atoms with van der Waals surface area (Å²) in [6.07, 6.45) is -1.50. The van der Waals surface area contributed by atoms with Gasteiger partial charge in [0, 0.05) is 24.2 Å². The minimum atomic E-state index is -1.44. The lowest BCUT2D eigenvalue weighted by atomic mass is 9.97. The van der Waals surface area contributed by atoms with Gasteiger partial charge in [0.2, 0.25) is 0 Å². The Morgan fingerprint density at radius 2 is 1.02 bits per heavy atom. The van der Waals surface area contributed by atoms with Crippen molar-refractivity contribution < 1.29 is 49.0 Å². The Bertz CT molecular complexity index is 1020. The van der Waals surface area contributed by atoms with Crippen molar-refractivity contribution in [2.24, 2.45) is 0 Å². The molecule has 0 fully saturated rings. The van der Waals surface area contributed by atoms with Crippen molar-refractivity contribution in [2.45, 2.75) is 58.0 Å². The number of rotatable bonds is 21. The van der Waals surface area contributed by atoms with Gasteiger partial charge in [-0.2, -0.15) is 0 Å². The summed E-state index contributed by atoms with van der Waals surface area (Å²) in [7, 11) is 0. The van der Waals surface area contributed by atoms with Gasteiger partial charge in [0.15, 0.2) is 11.6 Å². The van der Waals surface area contributed by atoms with E-state index >= 15 is 0 Å². The summed E-state index contributed by atoms with van der Waals surface area (Å²) in [5.41, 5.74) is -2.08. The van der Waals surface area contributed by atoms with Gasteiger partial charge in [-0.15, -0.1) is 0 Å². The summed E-state index contributed by atoms with van der Waals surface area (Å²) < 4.78 is 22.2. The standard InChI is InChI=1S/C32H47NO10/c1-6-33(19-25(34)21-40-15-17-42-27-11-7-23(8-12-27)29(36)31(2,3)38)20-26(35)22-41-16-18-43-28-13-9-24(10-14-28)30(37)32(4,5)39/h7-14,25-26,34-35,38-39H,6,15-22H2,1-5H3. The highest BCUT2D eigenvalue weighted by Gasteiger charge is 2.26. The molecule has 0 bridgehead atoms. The Morgan fingerprint density at radius 1 is 0.674 bits per heavy atom. The zero-order valence-electron chi connectivity index (χ0n) is 25.8. The highest BCUT2D eigenvalue weighted by Crippen LogP contribution is 2.18. The first-order chi connectivity index (χ1) is 20.2. The number of carbonyl (C=O) groups excluding carboxylic acids is 2. The number of hydrogen-bond donors (Lipinski definition) is 4. The SMILES string of the molecule is CCN(CC(O)COCCOc1ccc(C(=O)C(C)(C)O)cc1)CC(O)COCCOc1ccc(C(=O)C(C)(C)O)cc1. The van der Waals surface area contributed by atoms with Gasteiger partial charge in [-0.3, -0.25) is 14.5 Å². The van der Waals surface area contributed by atoms with Gasteiger partial charge in [0.25, 0.3) is 0 Å². The second-order valence-electron chi connectivity index (χ2n) is 11.3. The molecule has 0 amide bonds. The zero-order chi connectivity index (χ0) is 32.0. The van der Waals surface area contributed by atoms with Crippen LogP contribution in [0.25, 0.3) is 0 Å². The lowest BCUT2D eigenvalue weighted by Gasteiger charge is -2.26. The molecule has 0 aliphatic heterocycles. The highest BCUT2D eigenvalue weighted by molar-refractivity contribution is 6.02. The van der Waals surface area contributed by atoms with E-state index in [2.05, 4.69) is 0 Å². The number of benzene rings is 2. The van der Waals surface area contributed by atoms with E-state index in [9.17, 15) is 30.0 Å². The summed E-state index contributed by atoms with van der Waals surface area (Å²) in [6, 6.07) is 13.0. The number of carbonyl (C=O) groups is 2. The quantitative estimate of drug-likeness (QED) is 0.122. The van der Waals surface area contributed by atoms with Crippen LogP contribution in [0.4, 0.5) is 0 Å². The van der Waals surface area contributed by atoms with E-state index < -0.39 is 23.4 Å². The first kappa shape index (κ1) is 36.3. The summed E-state index contributed by atoms with van der Waals surface area (Å²) in [5, 5.41) is 40.4. The van der Waals surface area contributed by atoms with E-state index in [0.29, 0.717) is 42.3 Å². The van der Waals surface area contributed by atoms with Crippen LogP contribution in [0.15, 0.2) is 48.5 Å². The Kier molecular flexibility index (Phi) is 14.7. The molecule has 11 nitrogen and oxygen atoms in total. The van der Waals surface area contributed by atoms with Crippen LogP contribution in [0.1, 0.15) is 55.3 Å². The molecule has 2 aromatic rings. The molecule has 0 saturated carbocycles. The molecule has 240 valence electrons. The average molecular weight is 606 g/mol. The van der Waals surface area contributed by atoms with E-state index in [1.807, 2.05) is 11.8 Å². The van der Waals surface area contributed by atoms with Crippen LogP contribution in [-0.4, -0.2) is 120 Å². The Morgan fingerprint density at radius 3 is 1.33 bits per heavy atom. The minimum absolute atomic E-state index is 0.107. The molecule has 0 aliphatic carbocycles. The van der Waals surface area contributed by atoms with Crippen LogP contribution >= 0.6 is 0 Å². The summed E-state index contributed by atoms with van der Waals surface area (Å²) in [5.74, 6) is 0.384. The summed E-state index contributed by atoms with van der Waals surface area (Å²) >= 11 is 0. The van der Waals surface area contributed by atoms with Gasteiger partial charge in [-0.1, -0.05) is 6.92 Å². The van der Waals surface area contributed by atoms with E-state index in [1.165, 1.54) is 27.7 Å². The maximum absolute atomic E-state index is 12.1. The minimum Gasteiger partial charge on any atom is -0.491 e. The smallest absolute Gasteiger partial charge is 0.193 e. The Hall–Kier alpha value is -2.90. The van der Waals surface area contributed by atoms with Crippen LogP contribution < -0.4 is 9.47 Å². The molecule has 2 rings (SSSR count). The fourth-order valence-corrected chi connectivity index (χ4v) is 4.02. The predicted octanol–water partition coefficient (Wildman–Crippen LogP) is 2.13. The molecular weight excluding hydrogens is 558 g/mol. The van der Waals surface area contributed by atoms with E-state index in [0.717, 1.165) is 0 Å². The fraction of sp³-hybridized carbons (Fsp3) is 0.562. The van der Waals surface area contributed by atoms with Crippen molar-refractivity contribution >= 4 is 11.6 Å². The number of aliphatic hydroxyl groups excluding tert-OH is 2. The van der Waals surface area contributed by atoms with Crippen LogP contribution in [0.3, 0.4) is 0 Å². The molecule has 0 spiro atoms. The first-order valence-electron chi connectivity index (χ1n) is 14.4. The second-order valence-corrected chi connectivity index (χ2v) is 11.3. The largest absolute Gasteiger partial charge is 0.491 e. The number of aliphatic hydroxyl groups is 4. The molecule has 0 heterocycles. The predicted molar refractivity (Wildman–Crippen MR) is 161 cm³/mol. The third-order valence-corrected chi connectivity index (χ3v) is 6.34. The number of ketones is 2. The molecule has 2 atom stereocenters. The van der Waals surface area contributed by atoms with Crippen LogP contribution in [0.2, 0.25) is 0 Å². The zero-order valence-corrected chi connectivity index (χ0v) is 25.8. The molecule has 0 saturated heterocycles. The van der Waals surface area contributed by atoms with Crippen molar-refractivity contribution in [3.8, 4) is 11.5 Å². The van der Waals surface area contributed by atoms with Crippen molar-refractivity contribution in [2.75, 3.05) is 59.3 Å². The number of ether oxygens (including phenoxy) is 4. The van der Waals surface area contributed by atoms with Gasteiger partial charge in [-0.25, -0.2) is 0 Å². The molecule has 0 radical (unpaired) electrons. The lowest BCUT2D eigenvalue weighted by molar-refractivity contribution is -0.0151. The molecule has 2 aromatic carbocycles. The van der Waals surface area contributed by atoms with Crippen LogP contribution in [0.5, 0.6) is 11.5 Å². The molecule has 4 N–H and O–H groups in total. The number of hydrogen-bond acceptors (Lipinski definition) is 11. The van der Waals surface area contributed by atoms with Gasteiger partial charge in [0.1, 0.15) is 35.9 Å². The third kappa shape index (κ3) is 13.5. The normalized spacial score (nSPS) is 13.5. The first-order valence-corrected chi connectivity index (χ1v) is 14.4. The number of Topliss-reactive ketones (excluding diaryl/α,β-unsaturated/α-hetero) is 2. The number of likely N-dealkylation sites (N-methyl/N-ethyl adjacent to an activating group) is 1. The van der Waals surface area contributed by atoms with E-state index in [-0.39, 0.29) is 51.2 Å². The number of nitrogens with zero attached hydrogens (tertiary/aromatic N) is 1. The lowest BCUT2D eigenvalue weighted by Crippen LogP contribution is -2.41. The maximum atomic E-state index is 12.1. The molecule has 11 heteroatoms. The van der Waals surface area contributed by atoms with Gasteiger partial charge in [-0.05, 0) is 82.8 Å². The molecule has 0 aromatic heterocycles. The highest BCUT2D eigenvalue weighted by atomic mass is 16.5. The second kappa shape index (κ2) is 17.4. The Labute approximate surface area is 254 Å². The van der Waals surface area contributed by atoms with Crippen molar-refractivity contribution in [3.05, 3.63) is 59.7 Å². The third-order valence-electron chi connectivity index (χ3n) is 6.34. The summed E-state index contributed by atoms with van der Waals surface area (Å²) in [4.78, 5) is 26.1. The van der Waals surface area contributed by atoms with E-state index in [4.69, 9.17) is 18.9 Å². The van der Waals surface area contributed by atoms with Crippen molar-refractivity contribution in [1.82, 2.24) is 4.90 Å². The van der Waals surface area contributed by atoms with Crippen LogP contribution in [0, 0.1) is 0 Å². The fourth-order valence-electron chi connectivity index (χ4n) is 4.02. The van der Waals surface area contributed by atoms with Gasteiger partial charge < -0.3 is 39.4 Å². The van der Waals surface area contributed by atoms with Crippen LogP contribution in [-0.2, 0) is 9.47 Å². The molecule has 0 aliphatic rings. The summed E-state index contributed by atoms with van der Waals surface area (Å²) in [6.45, 7) is 10.2. The monoisotopic (exact) mass is 605 g/mol. The Balaban J connectivity index is 1.57. The average Bonchev–Trinajstić information content (AvgIpc) is 2.95. The maximum Gasteiger partial charge on any atom is 0.193 e.